The van der Waals surface area contributed by atoms with E-state index in [4.69, 9.17) is 0 Å². The van der Waals surface area contributed by atoms with E-state index in [2.05, 4.69) is 14.9 Å². The molecule has 1 N–H and O–H groups in total. The van der Waals surface area contributed by atoms with Gasteiger partial charge in [-0.3, -0.25) is 10.1 Å². The van der Waals surface area contributed by atoms with Crippen LogP contribution in [0.4, 0.5) is 9.80 Å². The molecule has 2 rings (SSSR count). The zero-order chi connectivity index (χ0) is 13.1. The van der Waals surface area contributed by atoms with Gasteiger partial charge in [0.15, 0.2) is 10.7 Å². The van der Waals surface area contributed by atoms with Crippen molar-refractivity contribution >= 4 is 28.5 Å². The Morgan fingerprint density at radius 3 is 2.61 bits per heavy atom. The van der Waals surface area contributed by atoms with Gasteiger partial charge in [0.05, 0.1) is 0 Å². The smallest absolute Gasteiger partial charge is 0.322 e. The topological polar surface area (TPSA) is 78.4 Å². The second-order valence-electron chi connectivity index (χ2n) is 4.27. The summed E-state index contributed by atoms with van der Waals surface area (Å²) in [5, 5.41) is 6.85. The maximum Gasteiger partial charge on any atom is 0.322 e. The van der Waals surface area contributed by atoms with E-state index in [0.717, 1.165) is 37.5 Å². The predicted octanol–water partition coefficient (Wildman–Crippen LogP) is 0.868. The fourth-order valence-corrected chi connectivity index (χ4v) is 2.24. The largest absolute Gasteiger partial charge is 0.337 e. The molecular weight excluding hydrogens is 254 g/mol. The fraction of sp³-hybridized carbons (Fsp3) is 0.600. The van der Waals surface area contributed by atoms with Crippen LogP contribution in [0, 0.1) is 0 Å². The number of hydrogen-bond donors (Lipinski definition) is 1. The summed E-state index contributed by atoms with van der Waals surface area (Å²) in [4.78, 5) is 26.8. The summed E-state index contributed by atoms with van der Waals surface area (Å²) in [6.07, 6.45) is 2.03. The number of rotatable bonds is 2. The van der Waals surface area contributed by atoms with Gasteiger partial charge >= 0.3 is 6.03 Å². The fourth-order valence-electron chi connectivity index (χ4n) is 1.69. The van der Waals surface area contributed by atoms with Crippen LogP contribution in [0.2, 0.25) is 0 Å². The summed E-state index contributed by atoms with van der Waals surface area (Å²) in [6, 6.07) is -0.295. The number of carbonyl (C=O) groups is 2. The van der Waals surface area contributed by atoms with Crippen molar-refractivity contribution < 1.29 is 9.59 Å². The van der Waals surface area contributed by atoms with Crippen LogP contribution in [-0.4, -0.2) is 58.5 Å². The minimum atomic E-state index is -0.295. The number of aromatic nitrogens is 2. The van der Waals surface area contributed by atoms with Crippen LogP contribution in [0.3, 0.4) is 0 Å². The Hall–Kier alpha value is -1.70. The molecule has 1 aromatic heterocycles. The van der Waals surface area contributed by atoms with E-state index in [-0.39, 0.29) is 17.6 Å². The molecule has 1 aliphatic heterocycles. The highest BCUT2D eigenvalue weighted by atomic mass is 32.1. The lowest BCUT2D eigenvalue weighted by molar-refractivity contribution is 0.0788. The van der Waals surface area contributed by atoms with Crippen LogP contribution in [0.15, 0.2) is 0 Å². The molecule has 0 saturated carbocycles. The van der Waals surface area contributed by atoms with Gasteiger partial charge in [-0.25, -0.2) is 4.79 Å². The molecule has 7 nitrogen and oxygen atoms in total. The van der Waals surface area contributed by atoms with Gasteiger partial charge in [0.2, 0.25) is 0 Å². The van der Waals surface area contributed by atoms with Crippen molar-refractivity contribution in [3.05, 3.63) is 5.69 Å². The van der Waals surface area contributed by atoms with Crippen molar-refractivity contribution in [3.63, 3.8) is 0 Å². The number of amides is 3. The Balaban J connectivity index is 2.11. The number of anilines is 1. The molecule has 0 unspecified atom stereocenters. The number of likely N-dealkylation sites (tertiary alicyclic amines) is 1. The molecule has 98 valence electrons. The van der Waals surface area contributed by atoms with Crippen LogP contribution in [0.25, 0.3) is 0 Å². The van der Waals surface area contributed by atoms with Gasteiger partial charge in [0.25, 0.3) is 5.91 Å². The molecule has 0 bridgehead atoms. The lowest BCUT2D eigenvalue weighted by Gasteiger charge is -2.15. The molecule has 1 aromatic rings. The van der Waals surface area contributed by atoms with Gasteiger partial charge in [-0.2, -0.15) is 0 Å². The van der Waals surface area contributed by atoms with Crippen molar-refractivity contribution in [1.29, 1.82) is 0 Å². The Labute approximate surface area is 109 Å². The lowest BCUT2D eigenvalue weighted by Crippen LogP contribution is -2.31. The SMILES string of the molecule is CN(C)C(=O)Nc1snnc1C(=O)N1CCCC1. The van der Waals surface area contributed by atoms with Crippen molar-refractivity contribution in [2.24, 2.45) is 0 Å². The van der Waals surface area contributed by atoms with Crippen LogP contribution in [-0.2, 0) is 0 Å². The first-order chi connectivity index (χ1) is 8.59. The van der Waals surface area contributed by atoms with E-state index in [1.165, 1.54) is 4.90 Å². The molecule has 0 aliphatic carbocycles. The normalized spacial score (nSPS) is 14.7. The summed E-state index contributed by atoms with van der Waals surface area (Å²) < 4.78 is 3.74. The summed E-state index contributed by atoms with van der Waals surface area (Å²) in [5.74, 6) is -0.157. The lowest BCUT2D eigenvalue weighted by atomic mass is 10.4. The minimum absolute atomic E-state index is 0.157. The Morgan fingerprint density at radius 1 is 1.33 bits per heavy atom. The van der Waals surface area contributed by atoms with Gasteiger partial charge in [0, 0.05) is 38.7 Å². The molecule has 2 heterocycles. The second-order valence-corrected chi connectivity index (χ2v) is 5.03. The van der Waals surface area contributed by atoms with E-state index < -0.39 is 0 Å². The number of hydrogen-bond acceptors (Lipinski definition) is 5. The van der Waals surface area contributed by atoms with Gasteiger partial charge in [-0.1, -0.05) is 4.49 Å². The third kappa shape index (κ3) is 2.58. The summed E-state index contributed by atoms with van der Waals surface area (Å²) in [5.41, 5.74) is 0.233. The molecule has 18 heavy (non-hydrogen) atoms. The molecule has 1 fully saturated rings. The van der Waals surface area contributed by atoms with Gasteiger partial charge in [0.1, 0.15) is 0 Å². The van der Waals surface area contributed by atoms with Crippen LogP contribution in [0.5, 0.6) is 0 Å². The van der Waals surface area contributed by atoms with Crippen molar-refractivity contribution in [2.75, 3.05) is 32.5 Å². The predicted molar refractivity (Wildman–Crippen MR) is 67.8 cm³/mol. The molecule has 0 spiro atoms. The number of urea groups is 1. The number of nitrogens with one attached hydrogen (secondary N) is 1. The second kappa shape index (κ2) is 5.30. The van der Waals surface area contributed by atoms with E-state index in [0.29, 0.717) is 5.00 Å². The van der Waals surface area contributed by atoms with Gasteiger partial charge in [-0.15, -0.1) is 5.10 Å². The maximum absolute atomic E-state index is 12.1. The average Bonchev–Trinajstić information content (AvgIpc) is 2.98. The first-order valence-corrected chi connectivity index (χ1v) is 6.47. The Morgan fingerprint density at radius 2 is 2.00 bits per heavy atom. The average molecular weight is 269 g/mol. The standard InChI is InChI=1S/C10H15N5O2S/c1-14(2)10(17)11-8-7(12-13-18-8)9(16)15-5-3-4-6-15/h3-6H2,1-2H3,(H,11,17). The highest BCUT2D eigenvalue weighted by molar-refractivity contribution is 7.10. The third-order valence-corrected chi connectivity index (χ3v) is 3.35. The molecule has 0 atom stereocenters. The van der Waals surface area contributed by atoms with E-state index >= 15 is 0 Å². The molecule has 1 saturated heterocycles. The number of carbonyl (C=O) groups excluding carboxylic acids is 2. The molecule has 8 heteroatoms. The first kappa shape index (κ1) is 12.7. The molecule has 0 radical (unpaired) electrons. The van der Waals surface area contributed by atoms with E-state index in [1.807, 2.05) is 0 Å². The summed E-state index contributed by atoms with van der Waals surface area (Å²) in [6.45, 7) is 1.49. The zero-order valence-electron chi connectivity index (χ0n) is 10.3. The first-order valence-electron chi connectivity index (χ1n) is 5.69. The van der Waals surface area contributed by atoms with Crippen molar-refractivity contribution in [2.45, 2.75) is 12.8 Å². The monoisotopic (exact) mass is 269 g/mol. The Kier molecular flexibility index (Phi) is 3.75. The summed E-state index contributed by atoms with van der Waals surface area (Å²) >= 11 is 1.02. The molecule has 1 aliphatic rings. The van der Waals surface area contributed by atoms with Gasteiger partial charge < -0.3 is 9.80 Å². The quantitative estimate of drug-likeness (QED) is 0.864. The molecule has 3 amide bonds. The van der Waals surface area contributed by atoms with E-state index in [1.54, 1.807) is 19.0 Å². The highest BCUT2D eigenvalue weighted by Gasteiger charge is 2.25. The third-order valence-electron chi connectivity index (χ3n) is 2.71. The Bertz CT molecular complexity index is 453. The van der Waals surface area contributed by atoms with Crippen LogP contribution in [0.1, 0.15) is 23.3 Å². The highest BCUT2D eigenvalue weighted by Crippen LogP contribution is 2.21. The summed E-state index contributed by atoms with van der Waals surface area (Å²) in [7, 11) is 3.26. The number of nitrogens with zero attached hydrogens (tertiary/aromatic N) is 4. The van der Waals surface area contributed by atoms with Crippen molar-refractivity contribution in [3.8, 4) is 0 Å². The van der Waals surface area contributed by atoms with E-state index in [9.17, 15) is 9.59 Å². The maximum atomic E-state index is 12.1. The van der Waals surface area contributed by atoms with Gasteiger partial charge in [-0.05, 0) is 12.8 Å². The van der Waals surface area contributed by atoms with Crippen LogP contribution < -0.4 is 5.32 Å². The van der Waals surface area contributed by atoms with Crippen LogP contribution >= 0.6 is 11.5 Å². The zero-order valence-corrected chi connectivity index (χ0v) is 11.2. The minimum Gasteiger partial charge on any atom is -0.337 e. The van der Waals surface area contributed by atoms with Crippen molar-refractivity contribution in [1.82, 2.24) is 19.4 Å². The molecule has 0 aromatic carbocycles. The molecular formula is C10H15N5O2S.